The number of rotatable bonds is 4. The quantitative estimate of drug-likeness (QED) is 0.418. The van der Waals surface area contributed by atoms with Crippen molar-refractivity contribution >= 4 is 17.1 Å². The topological polar surface area (TPSA) is 61.6 Å². The molecule has 2 aromatic carbocycles. The number of methoxy groups -OCH3 is 1. The molecule has 0 aliphatic heterocycles. The number of nitrogens with zero attached hydrogens (tertiary/aromatic N) is 1. The van der Waals surface area contributed by atoms with Gasteiger partial charge in [-0.3, -0.25) is 0 Å². The highest BCUT2D eigenvalue weighted by Crippen LogP contribution is 2.34. The van der Waals surface area contributed by atoms with Gasteiger partial charge in [0.2, 0.25) is 5.89 Å². The Balaban J connectivity index is 2.11. The number of aromatic nitrogens is 1. The van der Waals surface area contributed by atoms with Crippen LogP contribution in [0.25, 0.3) is 22.6 Å². The summed E-state index contributed by atoms with van der Waals surface area (Å²) >= 11 is 0. The largest absolute Gasteiger partial charge is 0.497 e. The van der Waals surface area contributed by atoms with Gasteiger partial charge in [-0.1, -0.05) is 18.7 Å². The smallest absolute Gasteiger partial charge is 0.335 e. The summed E-state index contributed by atoms with van der Waals surface area (Å²) in [5, 5.41) is 0. The number of hydrogen-bond donors (Lipinski definition) is 0. The van der Waals surface area contributed by atoms with Crippen LogP contribution < -0.4 is 9.47 Å². The third-order valence-electron chi connectivity index (χ3n) is 3.09. The van der Waals surface area contributed by atoms with Crippen LogP contribution in [0.1, 0.15) is 0 Å². The van der Waals surface area contributed by atoms with Gasteiger partial charge in [0.1, 0.15) is 17.0 Å². The molecule has 0 N–H and O–H groups in total. The third-order valence-corrected chi connectivity index (χ3v) is 3.09. The highest BCUT2D eigenvalue weighted by Gasteiger charge is 2.16. The van der Waals surface area contributed by atoms with Gasteiger partial charge in [-0.05, 0) is 24.3 Å². The third kappa shape index (κ3) is 2.56. The van der Waals surface area contributed by atoms with Gasteiger partial charge in [-0.2, -0.15) is 0 Å². The van der Waals surface area contributed by atoms with Gasteiger partial charge in [0.25, 0.3) is 0 Å². The molecule has 0 spiro atoms. The number of benzene rings is 2. The molecule has 0 saturated carbocycles. The van der Waals surface area contributed by atoms with Gasteiger partial charge in [0.15, 0.2) is 5.58 Å². The monoisotopic (exact) mass is 295 g/mol. The number of ether oxygens (including phenoxy) is 2. The summed E-state index contributed by atoms with van der Waals surface area (Å²) in [6.45, 7) is 3.39. The Hall–Kier alpha value is -3.08. The molecule has 0 aliphatic carbocycles. The standard InChI is InChI=1S/C17H13NO4/c1-3-16(19)21-15-10-11(20-2)8-9-12(15)17-18-13-6-4-5-7-14(13)22-17/h3-10H,1H2,2H3. The average molecular weight is 295 g/mol. The Morgan fingerprint density at radius 2 is 2.09 bits per heavy atom. The maximum Gasteiger partial charge on any atom is 0.335 e. The Labute approximate surface area is 126 Å². The second-order valence-electron chi connectivity index (χ2n) is 4.47. The van der Waals surface area contributed by atoms with Gasteiger partial charge < -0.3 is 13.9 Å². The minimum atomic E-state index is -0.564. The molecular weight excluding hydrogens is 282 g/mol. The lowest BCUT2D eigenvalue weighted by molar-refractivity contribution is -0.128. The van der Waals surface area contributed by atoms with E-state index in [9.17, 15) is 4.79 Å². The molecule has 0 radical (unpaired) electrons. The summed E-state index contributed by atoms with van der Waals surface area (Å²) in [6.07, 6.45) is 1.09. The van der Waals surface area contributed by atoms with Crippen molar-refractivity contribution in [1.29, 1.82) is 0 Å². The number of oxazole rings is 1. The van der Waals surface area contributed by atoms with E-state index in [1.54, 1.807) is 18.2 Å². The van der Waals surface area contributed by atoms with Crippen molar-refractivity contribution in [3.8, 4) is 23.0 Å². The molecule has 0 bridgehead atoms. The summed E-state index contributed by atoms with van der Waals surface area (Å²) in [5.74, 6) is 0.670. The Bertz CT molecular complexity index is 818. The minimum absolute atomic E-state index is 0.302. The number of esters is 1. The lowest BCUT2D eigenvalue weighted by Crippen LogP contribution is -2.04. The van der Waals surface area contributed by atoms with Crippen LogP contribution in [0.4, 0.5) is 0 Å². The SMILES string of the molecule is C=CC(=O)Oc1cc(OC)ccc1-c1nc2ccccc2o1. The van der Waals surface area contributed by atoms with E-state index < -0.39 is 5.97 Å². The van der Waals surface area contributed by atoms with E-state index >= 15 is 0 Å². The van der Waals surface area contributed by atoms with Crippen molar-refractivity contribution in [3.05, 3.63) is 55.1 Å². The van der Waals surface area contributed by atoms with Gasteiger partial charge in [-0.15, -0.1) is 0 Å². The van der Waals surface area contributed by atoms with Gasteiger partial charge in [0, 0.05) is 12.1 Å². The van der Waals surface area contributed by atoms with Crippen molar-refractivity contribution in [2.45, 2.75) is 0 Å². The predicted molar refractivity (Wildman–Crippen MR) is 81.8 cm³/mol. The molecule has 110 valence electrons. The number of carbonyl (C=O) groups excluding carboxylic acids is 1. The van der Waals surface area contributed by atoms with E-state index in [0.717, 1.165) is 11.6 Å². The summed E-state index contributed by atoms with van der Waals surface area (Å²) in [7, 11) is 1.54. The molecule has 0 fully saturated rings. The Kier molecular flexibility index (Phi) is 3.62. The first-order valence-electron chi connectivity index (χ1n) is 6.59. The van der Waals surface area contributed by atoms with Gasteiger partial charge in [0.05, 0.1) is 12.7 Å². The van der Waals surface area contributed by atoms with E-state index in [1.807, 2.05) is 24.3 Å². The molecule has 5 heteroatoms. The molecule has 0 aliphatic rings. The predicted octanol–water partition coefficient (Wildman–Crippen LogP) is 3.59. The molecular formula is C17H13NO4. The number of fused-ring (bicyclic) bond motifs is 1. The lowest BCUT2D eigenvalue weighted by Gasteiger charge is -2.08. The van der Waals surface area contributed by atoms with Crippen LogP contribution in [0, 0.1) is 0 Å². The van der Waals surface area contributed by atoms with E-state index in [1.165, 1.54) is 7.11 Å². The first-order valence-corrected chi connectivity index (χ1v) is 6.59. The van der Waals surface area contributed by atoms with Crippen LogP contribution in [-0.2, 0) is 4.79 Å². The van der Waals surface area contributed by atoms with Crippen LogP contribution in [0.2, 0.25) is 0 Å². The minimum Gasteiger partial charge on any atom is -0.497 e. The van der Waals surface area contributed by atoms with Crippen LogP contribution in [-0.4, -0.2) is 18.1 Å². The molecule has 0 saturated heterocycles. The highest BCUT2D eigenvalue weighted by atomic mass is 16.5. The zero-order valence-corrected chi connectivity index (χ0v) is 11.9. The number of carbonyl (C=O) groups is 1. The summed E-state index contributed by atoms with van der Waals surface area (Å²) in [6, 6.07) is 12.5. The molecule has 0 unspecified atom stereocenters. The molecule has 0 atom stereocenters. The van der Waals surface area contributed by atoms with Crippen molar-refractivity contribution in [2.24, 2.45) is 0 Å². The summed E-state index contributed by atoms with van der Waals surface area (Å²) in [4.78, 5) is 15.9. The lowest BCUT2D eigenvalue weighted by atomic mass is 10.2. The fraction of sp³-hybridized carbons (Fsp3) is 0.0588. The zero-order chi connectivity index (χ0) is 15.5. The zero-order valence-electron chi connectivity index (χ0n) is 11.9. The normalized spacial score (nSPS) is 10.4. The van der Waals surface area contributed by atoms with E-state index in [-0.39, 0.29) is 0 Å². The molecule has 1 aromatic heterocycles. The number of hydrogen-bond acceptors (Lipinski definition) is 5. The van der Waals surface area contributed by atoms with Gasteiger partial charge >= 0.3 is 5.97 Å². The van der Waals surface area contributed by atoms with Crippen LogP contribution in [0.15, 0.2) is 59.5 Å². The van der Waals surface area contributed by atoms with E-state index in [4.69, 9.17) is 13.9 Å². The average Bonchev–Trinajstić information content (AvgIpc) is 2.98. The summed E-state index contributed by atoms with van der Waals surface area (Å²) in [5.41, 5.74) is 1.95. The fourth-order valence-corrected chi connectivity index (χ4v) is 2.03. The first-order chi connectivity index (χ1) is 10.7. The molecule has 22 heavy (non-hydrogen) atoms. The Morgan fingerprint density at radius 1 is 1.27 bits per heavy atom. The van der Waals surface area contributed by atoms with E-state index in [0.29, 0.717) is 28.5 Å². The maximum absolute atomic E-state index is 11.5. The Morgan fingerprint density at radius 3 is 2.82 bits per heavy atom. The van der Waals surface area contributed by atoms with Crippen LogP contribution in [0.3, 0.4) is 0 Å². The fourth-order valence-electron chi connectivity index (χ4n) is 2.03. The first kappa shape index (κ1) is 13.9. The van der Waals surface area contributed by atoms with Crippen molar-refractivity contribution in [3.63, 3.8) is 0 Å². The molecule has 3 rings (SSSR count). The van der Waals surface area contributed by atoms with Crippen LogP contribution in [0.5, 0.6) is 11.5 Å². The second kappa shape index (κ2) is 5.73. The van der Waals surface area contributed by atoms with E-state index in [2.05, 4.69) is 11.6 Å². The summed E-state index contributed by atoms with van der Waals surface area (Å²) < 4.78 is 16.1. The molecule has 5 nitrogen and oxygen atoms in total. The van der Waals surface area contributed by atoms with Gasteiger partial charge in [-0.25, -0.2) is 9.78 Å². The maximum atomic E-state index is 11.5. The van der Waals surface area contributed by atoms with Crippen LogP contribution >= 0.6 is 0 Å². The van der Waals surface area contributed by atoms with Crippen molar-refractivity contribution in [2.75, 3.05) is 7.11 Å². The van der Waals surface area contributed by atoms with Crippen molar-refractivity contribution < 1.29 is 18.7 Å². The van der Waals surface area contributed by atoms with Crippen molar-refractivity contribution in [1.82, 2.24) is 4.98 Å². The molecule has 3 aromatic rings. The molecule has 1 heterocycles. The number of para-hydroxylation sites is 2. The second-order valence-corrected chi connectivity index (χ2v) is 4.47. The molecule has 0 amide bonds. The highest BCUT2D eigenvalue weighted by molar-refractivity contribution is 5.85.